The van der Waals surface area contributed by atoms with Crippen molar-refractivity contribution in [3.8, 4) is 0 Å². The first kappa shape index (κ1) is 16.2. The summed E-state index contributed by atoms with van der Waals surface area (Å²) in [6.07, 6.45) is 6.11. The fourth-order valence-corrected chi connectivity index (χ4v) is 2.93. The third-order valence-electron chi connectivity index (χ3n) is 2.99. The van der Waals surface area contributed by atoms with Crippen LogP contribution in [0.25, 0.3) is 0 Å². The first-order chi connectivity index (χ1) is 8.61. The van der Waals surface area contributed by atoms with E-state index in [1.165, 1.54) is 12.8 Å². The fourth-order valence-electron chi connectivity index (χ4n) is 1.91. The summed E-state index contributed by atoms with van der Waals surface area (Å²) in [5, 5.41) is 0. The molecule has 0 saturated carbocycles. The third kappa shape index (κ3) is 4.34. The largest absolute Gasteiger partial charge is 0.203 e. The molecule has 0 aromatic heterocycles. The lowest BCUT2D eigenvalue weighted by atomic mass is 10.0. The van der Waals surface area contributed by atoms with Gasteiger partial charge in [0.05, 0.1) is 3.57 Å². The van der Waals surface area contributed by atoms with Crippen molar-refractivity contribution < 1.29 is 8.78 Å². The summed E-state index contributed by atoms with van der Waals surface area (Å²) >= 11 is 7.54. The quantitative estimate of drug-likeness (QED) is 0.240. The van der Waals surface area contributed by atoms with Gasteiger partial charge >= 0.3 is 0 Å². The molecule has 4 heteroatoms. The molecule has 0 N–H and O–H groups in total. The highest BCUT2D eigenvalue weighted by molar-refractivity contribution is 14.1. The van der Waals surface area contributed by atoms with E-state index < -0.39 is 11.6 Å². The van der Waals surface area contributed by atoms with E-state index in [-0.39, 0.29) is 5.88 Å². The number of aryl methyl sites for hydroxylation is 1. The van der Waals surface area contributed by atoms with E-state index in [2.05, 4.69) is 6.92 Å². The molecule has 1 aromatic rings. The Hall–Kier alpha value is 0.1000. The van der Waals surface area contributed by atoms with Gasteiger partial charge in [-0.25, -0.2) is 8.78 Å². The van der Waals surface area contributed by atoms with E-state index >= 15 is 0 Å². The monoisotopic (exact) mass is 386 g/mol. The Balaban J connectivity index is 2.68. The molecule has 0 aliphatic rings. The molecule has 0 aliphatic carbocycles. The second-order valence-corrected chi connectivity index (χ2v) is 5.78. The fraction of sp³-hybridized carbons (Fsp3) is 0.571. The number of unbranched alkanes of at least 4 members (excludes halogenated alkanes) is 4. The topological polar surface area (TPSA) is 0 Å². The molecule has 1 aromatic carbocycles. The van der Waals surface area contributed by atoms with Crippen LogP contribution < -0.4 is 0 Å². The maximum Gasteiger partial charge on any atom is 0.172 e. The highest BCUT2D eigenvalue weighted by atomic mass is 127. The van der Waals surface area contributed by atoms with Crippen LogP contribution in [0.1, 0.15) is 50.2 Å². The van der Waals surface area contributed by atoms with Gasteiger partial charge in [-0.2, -0.15) is 0 Å². The summed E-state index contributed by atoms with van der Waals surface area (Å²) in [7, 11) is 0. The highest BCUT2D eigenvalue weighted by Gasteiger charge is 2.15. The molecule has 0 aliphatic heterocycles. The standard InChI is InChI=1S/C14H18ClF2I/c1-2-3-4-5-6-7-10-8-11(9-15)14(18)13(17)12(10)16/h8H,2-7,9H2,1H3. The van der Waals surface area contributed by atoms with Crippen molar-refractivity contribution in [3.63, 3.8) is 0 Å². The lowest BCUT2D eigenvalue weighted by Crippen LogP contribution is -2.01. The molecule has 0 heterocycles. The van der Waals surface area contributed by atoms with Crippen LogP contribution in [0.2, 0.25) is 0 Å². The van der Waals surface area contributed by atoms with Gasteiger partial charge in [0.15, 0.2) is 11.6 Å². The summed E-state index contributed by atoms with van der Waals surface area (Å²) < 4.78 is 27.7. The van der Waals surface area contributed by atoms with E-state index in [0.717, 1.165) is 19.3 Å². The Bertz CT molecular complexity index is 394. The molecule has 0 radical (unpaired) electrons. The van der Waals surface area contributed by atoms with Gasteiger partial charge in [0.25, 0.3) is 0 Å². The normalized spacial score (nSPS) is 10.9. The summed E-state index contributed by atoms with van der Waals surface area (Å²) in [6.45, 7) is 2.15. The summed E-state index contributed by atoms with van der Waals surface area (Å²) in [6, 6.07) is 1.70. The SMILES string of the molecule is CCCCCCCc1cc(CCl)c(I)c(F)c1F. The molecule has 1 rings (SSSR count). The zero-order valence-electron chi connectivity index (χ0n) is 10.5. The second-order valence-electron chi connectivity index (χ2n) is 4.43. The van der Waals surface area contributed by atoms with E-state index in [1.54, 1.807) is 28.7 Å². The molecule has 0 nitrogen and oxygen atoms in total. The molecule has 0 unspecified atom stereocenters. The predicted octanol–water partition coefficient (Wildman–Crippen LogP) is 5.82. The van der Waals surface area contributed by atoms with Gasteiger partial charge in [-0.05, 0) is 46.6 Å². The number of rotatable bonds is 7. The van der Waals surface area contributed by atoms with Crippen molar-refractivity contribution in [1.82, 2.24) is 0 Å². The maximum absolute atomic E-state index is 13.7. The zero-order chi connectivity index (χ0) is 13.5. The average molecular weight is 387 g/mol. The third-order valence-corrected chi connectivity index (χ3v) is 4.45. The van der Waals surface area contributed by atoms with Crippen molar-refractivity contribution in [2.75, 3.05) is 0 Å². The Morgan fingerprint density at radius 2 is 1.72 bits per heavy atom. The van der Waals surface area contributed by atoms with Crippen LogP contribution in [0.3, 0.4) is 0 Å². The zero-order valence-corrected chi connectivity index (χ0v) is 13.5. The first-order valence-electron chi connectivity index (χ1n) is 6.33. The van der Waals surface area contributed by atoms with Gasteiger partial charge < -0.3 is 0 Å². The molecule has 102 valence electrons. The second kappa shape index (κ2) is 8.31. The first-order valence-corrected chi connectivity index (χ1v) is 7.94. The minimum Gasteiger partial charge on any atom is -0.203 e. The molecule has 0 bridgehead atoms. The van der Waals surface area contributed by atoms with Crippen LogP contribution in [0.5, 0.6) is 0 Å². The summed E-state index contributed by atoms with van der Waals surface area (Å²) in [5.74, 6) is -1.24. The Morgan fingerprint density at radius 1 is 1.06 bits per heavy atom. The van der Waals surface area contributed by atoms with Crippen LogP contribution >= 0.6 is 34.2 Å². The molecule has 0 fully saturated rings. The lowest BCUT2D eigenvalue weighted by Gasteiger charge is -2.09. The molecule has 18 heavy (non-hydrogen) atoms. The van der Waals surface area contributed by atoms with E-state index in [9.17, 15) is 8.78 Å². The number of halogens is 4. The molecular formula is C14H18ClF2I. The Labute approximate surface area is 126 Å². The van der Waals surface area contributed by atoms with Crippen LogP contribution in [-0.4, -0.2) is 0 Å². The van der Waals surface area contributed by atoms with E-state index in [0.29, 0.717) is 21.1 Å². The van der Waals surface area contributed by atoms with Crippen molar-refractivity contribution in [3.05, 3.63) is 32.4 Å². The van der Waals surface area contributed by atoms with Gasteiger partial charge in [-0.3, -0.25) is 0 Å². The van der Waals surface area contributed by atoms with Crippen LogP contribution in [0, 0.1) is 15.2 Å². The minimum absolute atomic E-state index is 0.221. The van der Waals surface area contributed by atoms with E-state index in [1.807, 2.05) is 0 Å². The van der Waals surface area contributed by atoms with Gasteiger partial charge in [-0.1, -0.05) is 38.7 Å². The number of hydrogen-bond donors (Lipinski definition) is 0. The molecule has 0 atom stereocenters. The smallest absolute Gasteiger partial charge is 0.172 e. The van der Waals surface area contributed by atoms with Crippen LogP contribution in [0.4, 0.5) is 8.78 Å². The number of alkyl halides is 1. The predicted molar refractivity (Wildman–Crippen MR) is 81.1 cm³/mol. The van der Waals surface area contributed by atoms with Gasteiger partial charge in [0.1, 0.15) is 0 Å². The molecular weight excluding hydrogens is 369 g/mol. The van der Waals surface area contributed by atoms with Crippen LogP contribution in [-0.2, 0) is 12.3 Å². The van der Waals surface area contributed by atoms with Crippen molar-refractivity contribution in [2.24, 2.45) is 0 Å². The lowest BCUT2D eigenvalue weighted by molar-refractivity contribution is 0.489. The molecule has 0 amide bonds. The number of benzene rings is 1. The van der Waals surface area contributed by atoms with Crippen LogP contribution in [0.15, 0.2) is 6.07 Å². The minimum atomic E-state index is -0.752. The van der Waals surface area contributed by atoms with Crippen molar-refractivity contribution in [2.45, 2.75) is 51.3 Å². The highest BCUT2D eigenvalue weighted by Crippen LogP contribution is 2.25. The molecule has 0 saturated heterocycles. The summed E-state index contributed by atoms with van der Waals surface area (Å²) in [4.78, 5) is 0. The average Bonchev–Trinajstić information content (AvgIpc) is 2.38. The molecule has 0 spiro atoms. The Morgan fingerprint density at radius 3 is 2.33 bits per heavy atom. The van der Waals surface area contributed by atoms with Gasteiger partial charge in [-0.15, -0.1) is 11.6 Å². The van der Waals surface area contributed by atoms with Gasteiger partial charge in [0, 0.05) is 5.88 Å². The van der Waals surface area contributed by atoms with E-state index in [4.69, 9.17) is 11.6 Å². The maximum atomic E-state index is 13.7. The summed E-state index contributed by atoms with van der Waals surface area (Å²) in [5.41, 5.74) is 1.14. The van der Waals surface area contributed by atoms with Crippen molar-refractivity contribution >= 4 is 34.2 Å². The van der Waals surface area contributed by atoms with Crippen molar-refractivity contribution in [1.29, 1.82) is 0 Å². The van der Waals surface area contributed by atoms with Gasteiger partial charge in [0.2, 0.25) is 0 Å². The number of hydrogen-bond acceptors (Lipinski definition) is 0. The Kier molecular flexibility index (Phi) is 7.46.